The number of rotatable bonds is 6. The zero-order valence-corrected chi connectivity index (χ0v) is 10.6. The van der Waals surface area contributed by atoms with Gasteiger partial charge in [-0.05, 0) is 44.9 Å². The molecule has 1 saturated heterocycles. The van der Waals surface area contributed by atoms with Crippen LogP contribution in [0.3, 0.4) is 0 Å². The van der Waals surface area contributed by atoms with Gasteiger partial charge in [0.05, 0.1) is 6.10 Å². The first kappa shape index (κ1) is 13.0. The van der Waals surface area contributed by atoms with Crippen molar-refractivity contribution in [2.75, 3.05) is 6.61 Å². The van der Waals surface area contributed by atoms with Crippen molar-refractivity contribution in [2.45, 2.75) is 70.9 Å². The summed E-state index contributed by atoms with van der Waals surface area (Å²) in [6.45, 7) is 7.63. The summed E-state index contributed by atoms with van der Waals surface area (Å²) < 4.78 is 5.61. The number of hydrogen-bond acceptors (Lipinski definition) is 2. The second kappa shape index (κ2) is 5.86. The van der Waals surface area contributed by atoms with Crippen LogP contribution in [0.2, 0.25) is 0 Å². The molecule has 1 aliphatic rings. The van der Waals surface area contributed by atoms with Crippen molar-refractivity contribution in [1.82, 2.24) is 0 Å². The highest BCUT2D eigenvalue weighted by molar-refractivity contribution is 4.84. The standard InChI is InChI=1S/C13H27NO/c1-4-11(2)13(3,14)9-5-7-12-8-6-10-15-12/h11-12H,4-10,14H2,1-3H3. The van der Waals surface area contributed by atoms with E-state index >= 15 is 0 Å². The third kappa shape index (κ3) is 4.12. The van der Waals surface area contributed by atoms with Crippen LogP contribution < -0.4 is 5.73 Å². The molecule has 0 amide bonds. The fourth-order valence-corrected chi connectivity index (χ4v) is 2.30. The number of hydrogen-bond donors (Lipinski definition) is 1. The lowest BCUT2D eigenvalue weighted by Crippen LogP contribution is -2.42. The van der Waals surface area contributed by atoms with Gasteiger partial charge in [-0.1, -0.05) is 20.3 Å². The highest BCUT2D eigenvalue weighted by Crippen LogP contribution is 2.25. The molecule has 1 rings (SSSR count). The molecular formula is C13H27NO. The molecule has 0 bridgehead atoms. The average Bonchev–Trinajstić information content (AvgIpc) is 2.69. The van der Waals surface area contributed by atoms with Crippen molar-refractivity contribution in [3.63, 3.8) is 0 Å². The summed E-state index contributed by atoms with van der Waals surface area (Å²) in [5.74, 6) is 0.613. The molecule has 2 nitrogen and oxygen atoms in total. The maximum atomic E-state index is 6.31. The Morgan fingerprint density at radius 3 is 2.80 bits per heavy atom. The molecule has 2 heteroatoms. The zero-order valence-electron chi connectivity index (χ0n) is 10.6. The van der Waals surface area contributed by atoms with Gasteiger partial charge >= 0.3 is 0 Å². The molecule has 0 aromatic rings. The molecule has 0 aromatic heterocycles. The molecule has 0 radical (unpaired) electrons. The van der Waals surface area contributed by atoms with Crippen molar-refractivity contribution < 1.29 is 4.74 Å². The molecular weight excluding hydrogens is 186 g/mol. The van der Waals surface area contributed by atoms with Crippen molar-refractivity contribution >= 4 is 0 Å². The van der Waals surface area contributed by atoms with Crippen molar-refractivity contribution in [1.29, 1.82) is 0 Å². The highest BCUT2D eigenvalue weighted by atomic mass is 16.5. The largest absolute Gasteiger partial charge is 0.378 e. The summed E-state index contributed by atoms with van der Waals surface area (Å²) in [4.78, 5) is 0. The quantitative estimate of drug-likeness (QED) is 0.736. The average molecular weight is 213 g/mol. The predicted molar refractivity (Wildman–Crippen MR) is 64.9 cm³/mol. The summed E-state index contributed by atoms with van der Waals surface area (Å²) in [5, 5.41) is 0. The number of nitrogens with two attached hydrogens (primary N) is 1. The van der Waals surface area contributed by atoms with E-state index in [1.54, 1.807) is 0 Å². The molecule has 0 aliphatic carbocycles. The molecule has 1 fully saturated rings. The Hall–Kier alpha value is -0.0800. The zero-order chi connectivity index (χ0) is 11.3. The van der Waals surface area contributed by atoms with E-state index in [1.165, 1.54) is 32.1 Å². The highest BCUT2D eigenvalue weighted by Gasteiger charge is 2.25. The van der Waals surface area contributed by atoms with E-state index in [9.17, 15) is 0 Å². The molecule has 0 saturated carbocycles. The fraction of sp³-hybridized carbons (Fsp3) is 1.00. The van der Waals surface area contributed by atoms with Crippen LogP contribution in [-0.4, -0.2) is 18.2 Å². The van der Waals surface area contributed by atoms with E-state index in [4.69, 9.17) is 10.5 Å². The minimum Gasteiger partial charge on any atom is -0.378 e. The van der Waals surface area contributed by atoms with Crippen LogP contribution in [-0.2, 0) is 4.74 Å². The first-order valence-corrected chi connectivity index (χ1v) is 6.46. The number of ether oxygens (including phenoxy) is 1. The van der Waals surface area contributed by atoms with E-state index in [-0.39, 0.29) is 5.54 Å². The molecule has 3 unspecified atom stereocenters. The normalized spacial score (nSPS) is 27.6. The second-order valence-electron chi connectivity index (χ2n) is 5.34. The fourth-order valence-electron chi connectivity index (χ4n) is 2.30. The molecule has 15 heavy (non-hydrogen) atoms. The maximum absolute atomic E-state index is 6.31. The van der Waals surface area contributed by atoms with Crippen LogP contribution in [0.1, 0.15) is 59.3 Å². The lowest BCUT2D eigenvalue weighted by molar-refractivity contribution is 0.0990. The second-order valence-corrected chi connectivity index (χ2v) is 5.34. The Morgan fingerprint density at radius 1 is 1.53 bits per heavy atom. The lowest BCUT2D eigenvalue weighted by Gasteiger charge is -2.31. The Kier molecular flexibility index (Phi) is 5.07. The van der Waals surface area contributed by atoms with Crippen molar-refractivity contribution in [2.24, 2.45) is 11.7 Å². The Balaban J connectivity index is 2.17. The maximum Gasteiger partial charge on any atom is 0.0576 e. The summed E-state index contributed by atoms with van der Waals surface area (Å²) in [6.07, 6.45) is 7.73. The minimum absolute atomic E-state index is 0.00730. The Morgan fingerprint density at radius 2 is 2.27 bits per heavy atom. The van der Waals surface area contributed by atoms with Gasteiger partial charge in [0.2, 0.25) is 0 Å². The third-order valence-corrected chi connectivity index (χ3v) is 4.00. The van der Waals surface area contributed by atoms with Crippen LogP contribution >= 0.6 is 0 Å². The van der Waals surface area contributed by atoms with Crippen LogP contribution in [0.25, 0.3) is 0 Å². The molecule has 1 aliphatic heterocycles. The molecule has 1 heterocycles. The van der Waals surface area contributed by atoms with Gasteiger partial charge in [-0.15, -0.1) is 0 Å². The van der Waals surface area contributed by atoms with Crippen LogP contribution in [0, 0.1) is 5.92 Å². The summed E-state index contributed by atoms with van der Waals surface area (Å²) in [5.41, 5.74) is 6.32. The van der Waals surface area contributed by atoms with Gasteiger partial charge in [-0.2, -0.15) is 0 Å². The SMILES string of the molecule is CCC(C)C(C)(N)CCCC1CCCO1. The topological polar surface area (TPSA) is 35.2 Å². The molecule has 0 spiro atoms. The first-order valence-electron chi connectivity index (χ1n) is 6.46. The molecule has 2 N–H and O–H groups in total. The minimum atomic E-state index is 0.00730. The van der Waals surface area contributed by atoms with Gasteiger partial charge < -0.3 is 10.5 Å². The molecule has 0 aromatic carbocycles. The van der Waals surface area contributed by atoms with Gasteiger partial charge in [-0.3, -0.25) is 0 Å². The van der Waals surface area contributed by atoms with E-state index in [2.05, 4.69) is 20.8 Å². The van der Waals surface area contributed by atoms with Crippen LogP contribution in [0.15, 0.2) is 0 Å². The van der Waals surface area contributed by atoms with Gasteiger partial charge in [-0.25, -0.2) is 0 Å². The van der Waals surface area contributed by atoms with E-state index in [0.29, 0.717) is 12.0 Å². The Bertz CT molecular complexity index is 173. The van der Waals surface area contributed by atoms with E-state index in [1.807, 2.05) is 0 Å². The molecule has 90 valence electrons. The van der Waals surface area contributed by atoms with E-state index < -0.39 is 0 Å². The monoisotopic (exact) mass is 213 g/mol. The first-order chi connectivity index (χ1) is 7.06. The third-order valence-electron chi connectivity index (χ3n) is 4.00. The van der Waals surface area contributed by atoms with Crippen LogP contribution in [0.5, 0.6) is 0 Å². The summed E-state index contributed by atoms with van der Waals surface area (Å²) in [7, 11) is 0. The van der Waals surface area contributed by atoms with Gasteiger partial charge in [0, 0.05) is 12.1 Å². The van der Waals surface area contributed by atoms with Gasteiger partial charge in [0.25, 0.3) is 0 Å². The Labute approximate surface area is 94.6 Å². The van der Waals surface area contributed by atoms with E-state index in [0.717, 1.165) is 13.0 Å². The van der Waals surface area contributed by atoms with Gasteiger partial charge in [0.15, 0.2) is 0 Å². The van der Waals surface area contributed by atoms with Crippen molar-refractivity contribution in [3.8, 4) is 0 Å². The van der Waals surface area contributed by atoms with Gasteiger partial charge in [0.1, 0.15) is 0 Å². The van der Waals surface area contributed by atoms with Crippen molar-refractivity contribution in [3.05, 3.63) is 0 Å². The smallest absolute Gasteiger partial charge is 0.0576 e. The van der Waals surface area contributed by atoms with Crippen LogP contribution in [0.4, 0.5) is 0 Å². The molecule has 3 atom stereocenters. The summed E-state index contributed by atoms with van der Waals surface area (Å²) in [6, 6.07) is 0. The predicted octanol–water partition coefficient (Wildman–Crippen LogP) is 3.10. The summed E-state index contributed by atoms with van der Waals surface area (Å²) >= 11 is 0. The lowest BCUT2D eigenvalue weighted by atomic mass is 9.82.